The number of ether oxygens (including phenoxy) is 2. The van der Waals surface area contributed by atoms with Crippen LogP contribution in [-0.4, -0.2) is 25.7 Å². The third kappa shape index (κ3) is 3.13. The van der Waals surface area contributed by atoms with Gasteiger partial charge in [0.15, 0.2) is 6.61 Å². The Hall–Kier alpha value is -2.18. The van der Waals surface area contributed by atoms with Crippen molar-refractivity contribution in [3.8, 4) is 0 Å². The van der Waals surface area contributed by atoms with Crippen molar-refractivity contribution in [1.29, 1.82) is 0 Å². The fraction of sp³-hybridized carbons (Fsp3) is 0.200. The molecule has 17 heavy (non-hydrogen) atoms. The topological polar surface area (TPSA) is 78.6 Å². The largest absolute Gasteiger partial charge is 0.466 e. The van der Waals surface area contributed by atoms with E-state index in [0.29, 0.717) is 6.07 Å². The highest BCUT2D eigenvalue weighted by atomic mass is 19.1. The zero-order valence-electron chi connectivity index (χ0n) is 8.83. The van der Waals surface area contributed by atoms with E-state index in [1.807, 2.05) is 0 Å². The Morgan fingerprint density at radius 1 is 1.29 bits per heavy atom. The van der Waals surface area contributed by atoms with Crippen LogP contribution in [0.3, 0.4) is 0 Å². The smallest absolute Gasteiger partial charge is 0.344 e. The highest BCUT2D eigenvalue weighted by Crippen LogP contribution is 2.17. The van der Waals surface area contributed by atoms with Crippen LogP contribution in [0.15, 0.2) is 12.1 Å². The summed E-state index contributed by atoms with van der Waals surface area (Å²) in [5.74, 6) is -4.02. The summed E-state index contributed by atoms with van der Waals surface area (Å²) >= 11 is 0. The number of hydrogen-bond acceptors (Lipinski definition) is 5. The van der Waals surface area contributed by atoms with E-state index in [2.05, 4.69) is 9.47 Å². The number of carbonyl (C=O) groups excluding carboxylic acids is 2. The van der Waals surface area contributed by atoms with E-state index in [1.165, 1.54) is 0 Å². The molecule has 92 valence electrons. The molecule has 0 heterocycles. The van der Waals surface area contributed by atoms with Crippen LogP contribution in [0.25, 0.3) is 0 Å². The molecule has 7 heteroatoms. The van der Waals surface area contributed by atoms with E-state index in [9.17, 15) is 18.4 Å². The lowest BCUT2D eigenvalue weighted by molar-refractivity contribution is -0.144. The van der Waals surface area contributed by atoms with Crippen LogP contribution in [-0.2, 0) is 14.3 Å². The van der Waals surface area contributed by atoms with Crippen molar-refractivity contribution >= 4 is 17.6 Å². The molecule has 2 N–H and O–H groups in total. The third-order valence-corrected chi connectivity index (χ3v) is 1.86. The first kappa shape index (κ1) is 12.9. The average molecular weight is 245 g/mol. The second-order valence-corrected chi connectivity index (χ2v) is 3.01. The second kappa shape index (κ2) is 5.24. The van der Waals surface area contributed by atoms with Crippen molar-refractivity contribution in [1.82, 2.24) is 0 Å². The van der Waals surface area contributed by atoms with Crippen LogP contribution in [0, 0.1) is 11.6 Å². The molecular formula is C10H9F2NO4. The van der Waals surface area contributed by atoms with E-state index >= 15 is 0 Å². The lowest BCUT2D eigenvalue weighted by Crippen LogP contribution is -2.16. The van der Waals surface area contributed by atoms with E-state index < -0.39 is 41.4 Å². The molecule has 0 unspecified atom stereocenters. The van der Waals surface area contributed by atoms with Gasteiger partial charge in [-0.1, -0.05) is 0 Å². The third-order valence-electron chi connectivity index (χ3n) is 1.86. The Balaban J connectivity index is 2.82. The quantitative estimate of drug-likeness (QED) is 0.631. The maximum Gasteiger partial charge on any atom is 0.344 e. The summed E-state index contributed by atoms with van der Waals surface area (Å²) in [6.45, 7) is -0.661. The molecule has 1 aromatic rings. The van der Waals surface area contributed by atoms with Crippen molar-refractivity contribution < 1.29 is 27.8 Å². The summed E-state index contributed by atoms with van der Waals surface area (Å²) in [7, 11) is 1.10. The number of rotatable bonds is 3. The van der Waals surface area contributed by atoms with Gasteiger partial charge in [0.1, 0.15) is 11.6 Å². The molecule has 1 rings (SSSR count). The Labute approximate surface area is 95.1 Å². The lowest BCUT2D eigenvalue weighted by atomic mass is 10.2. The highest BCUT2D eigenvalue weighted by Gasteiger charge is 2.17. The van der Waals surface area contributed by atoms with Gasteiger partial charge in [-0.3, -0.25) is 0 Å². The van der Waals surface area contributed by atoms with Crippen LogP contribution >= 0.6 is 0 Å². The van der Waals surface area contributed by atoms with Gasteiger partial charge in [-0.25, -0.2) is 18.4 Å². The second-order valence-electron chi connectivity index (χ2n) is 3.01. The number of anilines is 1. The van der Waals surface area contributed by atoms with Gasteiger partial charge in [-0.2, -0.15) is 0 Å². The number of halogens is 2. The van der Waals surface area contributed by atoms with Crippen molar-refractivity contribution in [2.75, 3.05) is 19.5 Å². The molecule has 5 nitrogen and oxygen atoms in total. The van der Waals surface area contributed by atoms with E-state index in [-0.39, 0.29) is 0 Å². The van der Waals surface area contributed by atoms with Gasteiger partial charge < -0.3 is 15.2 Å². The zero-order chi connectivity index (χ0) is 13.0. The fourth-order valence-corrected chi connectivity index (χ4v) is 0.983. The standard InChI is InChI=1S/C10H9F2NO4/c1-16-9(14)4-17-10(15)5-2-8(13)7(12)3-6(5)11/h2-3H,4,13H2,1H3. The number of benzene rings is 1. The van der Waals surface area contributed by atoms with E-state index in [0.717, 1.165) is 13.2 Å². The maximum absolute atomic E-state index is 13.2. The van der Waals surface area contributed by atoms with E-state index in [1.54, 1.807) is 0 Å². The molecule has 0 saturated heterocycles. The molecular weight excluding hydrogens is 236 g/mol. The maximum atomic E-state index is 13.2. The molecule has 0 aliphatic heterocycles. The lowest BCUT2D eigenvalue weighted by Gasteiger charge is -2.05. The predicted molar refractivity (Wildman–Crippen MR) is 53.1 cm³/mol. The van der Waals surface area contributed by atoms with Gasteiger partial charge in [0.2, 0.25) is 0 Å². The van der Waals surface area contributed by atoms with Crippen LogP contribution in [0.4, 0.5) is 14.5 Å². The first-order valence-corrected chi connectivity index (χ1v) is 4.44. The van der Waals surface area contributed by atoms with Gasteiger partial charge in [-0.05, 0) is 6.07 Å². The Morgan fingerprint density at radius 3 is 2.53 bits per heavy atom. The van der Waals surface area contributed by atoms with Crippen LogP contribution < -0.4 is 5.73 Å². The number of esters is 2. The molecule has 1 aromatic carbocycles. The van der Waals surface area contributed by atoms with Gasteiger partial charge in [0.05, 0.1) is 18.4 Å². The molecule has 0 aliphatic rings. The molecule has 0 spiro atoms. The molecule has 0 atom stereocenters. The number of methoxy groups -OCH3 is 1. The minimum Gasteiger partial charge on any atom is -0.466 e. The van der Waals surface area contributed by atoms with Gasteiger partial charge in [0.25, 0.3) is 0 Å². The minimum absolute atomic E-state index is 0.392. The molecule has 0 saturated carbocycles. The molecule has 0 aliphatic carbocycles. The van der Waals surface area contributed by atoms with Crippen LogP contribution in [0.2, 0.25) is 0 Å². The number of carbonyl (C=O) groups is 2. The monoisotopic (exact) mass is 245 g/mol. The first-order valence-electron chi connectivity index (χ1n) is 4.44. The summed E-state index contributed by atoms with van der Waals surface area (Å²) in [6.07, 6.45) is 0. The summed E-state index contributed by atoms with van der Waals surface area (Å²) in [6, 6.07) is 1.26. The number of hydrogen-bond donors (Lipinski definition) is 1. The molecule has 0 aromatic heterocycles. The van der Waals surface area contributed by atoms with Crippen LogP contribution in [0.1, 0.15) is 10.4 Å². The normalized spacial score (nSPS) is 9.82. The average Bonchev–Trinajstić information content (AvgIpc) is 2.30. The molecule has 0 radical (unpaired) electrons. The Morgan fingerprint density at radius 2 is 1.94 bits per heavy atom. The SMILES string of the molecule is COC(=O)COC(=O)c1cc(N)c(F)cc1F. The van der Waals surface area contributed by atoms with Crippen molar-refractivity contribution in [2.45, 2.75) is 0 Å². The summed E-state index contributed by atoms with van der Waals surface area (Å²) in [5.41, 5.74) is 4.23. The van der Waals surface area contributed by atoms with E-state index in [4.69, 9.17) is 5.73 Å². The Kier molecular flexibility index (Phi) is 3.97. The van der Waals surface area contributed by atoms with Gasteiger partial charge in [-0.15, -0.1) is 0 Å². The van der Waals surface area contributed by atoms with Crippen molar-refractivity contribution in [3.63, 3.8) is 0 Å². The summed E-state index contributed by atoms with van der Waals surface area (Å²) in [5, 5.41) is 0. The molecule has 0 fully saturated rings. The van der Waals surface area contributed by atoms with Gasteiger partial charge in [0, 0.05) is 6.07 Å². The summed E-state index contributed by atoms with van der Waals surface area (Å²) < 4.78 is 34.6. The summed E-state index contributed by atoms with van der Waals surface area (Å²) in [4.78, 5) is 22.0. The highest BCUT2D eigenvalue weighted by molar-refractivity contribution is 5.92. The first-order chi connectivity index (χ1) is 7.95. The zero-order valence-corrected chi connectivity index (χ0v) is 8.83. The number of nitrogens with two attached hydrogens (primary N) is 1. The molecule has 0 bridgehead atoms. The fourth-order valence-electron chi connectivity index (χ4n) is 0.983. The van der Waals surface area contributed by atoms with Crippen LogP contribution in [0.5, 0.6) is 0 Å². The van der Waals surface area contributed by atoms with Crippen molar-refractivity contribution in [3.05, 3.63) is 29.3 Å². The minimum atomic E-state index is -1.13. The molecule has 0 amide bonds. The Bertz CT molecular complexity index is 462. The number of nitrogen functional groups attached to an aromatic ring is 1. The van der Waals surface area contributed by atoms with Gasteiger partial charge >= 0.3 is 11.9 Å². The van der Waals surface area contributed by atoms with Crippen molar-refractivity contribution in [2.24, 2.45) is 0 Å². The predicted octanol–water partition coefficient (Wildman–Crippen LogP) is 0.877.